The molecule has 1 aliphatic rings. The molecule has 0 aliphatic heterocycles. The first-order chi connectivity index (χ1) is 8.07. The Balaban J connectivity index is 1.88. The van der Waals surface area contributed by atoms with Crippen molar-refractivity contribution in [3.8, 4) is 0 Å². The summed E-state index contributed by atoms with van der Waals surface area (Å²) in [5.41, 5.74) is 0.882. The minimum Gasteiger partial charge on any atom is -0.389 e. The summed E-state index contributed by atoms with van der Waals surface area (Å²) in [4.78, 5) is 2.23. The molecule has 0 spiro atoms. The van der Waals surface area contributed by atoms with Gasteiger partial charge in [0, 0.05) is 16.7 Å². The van der Waals surface area contributed by atoms with Gasteiger partial charge in [0.05, 0.1) is 5.60 Å². The quantitative estimate of drug-likeness (QED) is 0.848. The molecule has 94 valence electrons. The van der Waals surface area contributed by atoms with Gasteiger partial charge in [-0.05, 0) is 60.2 Å². The lowest BCUT2D eigenvalue weighted by Gasteiger charge is -2.28. The van der Waals surface area contributed by atoms with Crippen LogP contribution in [0.25, 0.3) is 0 Å². The van der Waals surface area contributed by atoms with Gasteiger partial charge in [0.2, 0.25) is 0 Å². The van der Waals surface area contributed by atoms with Crippen LogP contribution >= 0.6 is 22.6 Å². The molecule has 1 aromatic rings. The van der Waals surface area contributed by atoms with Crippen LogP contribution in [0.1, 0.15) is 31.2 Å². The Morgan fingerprint density at radius 1 is 1.24 bits per heavy atom. The van der Waals surface area contributed by atoms with E-state index >= 15 is 0 Å². The largest absolute Gasteiger partial charge is 0.389 e. The fourth-order valence-electron chi connectivity index (χ4n) is 2.65. The van der Waals surface area contributed by atoms with E-state index in [9.17, 15) is 5.11 Å². The lowest BCUT2D eigenvalue weighted by molar-refractivity contribution is 0.0145. The second-order valence-electron chi connectivity index (χ2n) is 5.23. The molecule has 1 aliphatic carbocycles. The SMILES string of the molecule is CN(Cc1ccc(I)cc1)CC1(O)CCCC1. The number of rotatable bonds is 4. The van der Waals surface area contributed by atoms with Crippen molar-refractivity contribution in [3.05, 3.63) is 33.4 Å². The first-order valence-electron chi connectivity index (χ1n) is 6.23. The molecule has 0 bridgehead atoms. The molecule has 0 aromatic heterocycles. The molecule has 2 nitrogen and oxygen atoms in total. The Hall–Kier alpha value is -0.130. The van der Waals surface area contributed by atoms with Crippen molar-refractivity contribution in [2.45, 2.75) is 37.8 Å². The normalized spacial score (nSPS) is 18.8. The molecule has 0 amide bonds. The number of hydrogen-bond acceptors (Lipinski definition) is 2. The summed E-state index contributed by atoms with van der Waals surface area (Å²) in [5, 5.41) is 10.3. The van der Waals surface area contributed by atoms with Crippen LogP contribution in [0, 0.1) is 3.57 Å². The van der Waals surface area contributed by atoms with Crippen molar-refractivity contribution in [1.82, 2.24) is 4.90 Å². The van der Waals surface area contributed by atoms with Crippen molar-refractivity contribution < 1.29 is 5.11 Å². The molecule has 1 N–H and O–H groups in total. The van der Waals surface area contributed by atoms with Gasteiger partial charge in [0.1, 0.15) is 0 Å². The van der Waals surface area contributed by atoms with Crippen molar-refractivity contribution in [2.75, 3.05) is 13.6 Å². The molecule has 0 saturated heterocycles. The highest BCUT2D eigenvalue weighted by molar-refractivity contribution is 14.1. The zero-order valence-corrected chi connectivity index (χ0v) is 12.5. The highest BCUT2D eigenvalue weighted by Crippen LogP contribution is 2.30. The number of hydrogen-bond donors (Lipinski definition) is 1. The molecule has 1 saturated carbocycles. The first-order valence-corrected chi connectivity index (χ1v) is 7.31. The van der Waals surface area contributed by atoms with Gasteiger partial charge in [0.15, 0.2) is 0 Å². The Morgan fingerprint density at radius 2 is 1.82 bits per heavy atom. The summed E-state index contributed by atoms with van der Waals surface area (Å²) in [6.45, 7) is 1.71. The highest BCUT2D eigenvalue weighted by atomic mass is 127. The van der Waals surface area contributed by atoms with Gasteiger partial charge in [-0.1, -0.05) is 25.0 Å². The van der Waals surface area contributed by atoms with Gasteiger partial charge in [-0.15, -0.1) is 0 Å². The summed E-state index contributed by atoms with van der Waals surface area (Å²) in [7, 11) is 2.09. The van der Waals surface area contributed by atoms with Crippen molar-refractivity contribution in [2.24, 2.45) is 0 Å². The lowest BCUT2D eigenvalue weighted by Crippen LogP contribution is -2.38. The third kappa shape index (κ3) is 3.93. The topological polar surface area (TPSA) is 23.5 Å². The smallest absolute Gasteiger partial charge is 0.0774 e. The van der Waals surface area contributed by atoms with Crippen LogP contribution in [0.2, 0.25) is 0 Å². The Kier molecular flexibility index (Phi) is 4.44. The first kappa shape index (κ1) is 13.3. The molecule has 1 fully saturated rings. The molecular formula is C14H20INO. The van der Waals surface area contributed by atoms with Crippen molar-refractivity contribution in [3.63, 3.8) is 0 Å². The van der Waals surface area contributed by atoms with Crippen LogP contribution in [0.15, 0.2) is 24.3 Å². The standard InChI is InChI=1S/C14H20INO/c1-16(11-14(17)8-2-3-9-14)10-12-4-6-13(15)7-5-12/h4-7,17H,2-3,8-11H2,1H3. The van der Waals surface area contributed by atoms with Crippen LogP contribution in [0.4, 0.5) is 0 Å². The number of likely N-dealkylation sites (N-methyl/N-ethyl adjacent to an activating group) is 1. The van der Waals surface area contributed by atoms with E-state index in [0.717, 1.165) is 25.9 Å². The van der Waals surface area contributed by atoms with E-state index in [0.29, 0.717) is 0 Å². The summed E-state index contributed by atoms with van der Waals surface area (Å²) in [6.07, 6.45) is 4.27. The summed E-state index contributed by atoms with van der Waals surface area (Å²) < 4.78 is 1.27. The van der Waals surface area contributed by atoms with Gasteiger partial charge < -0.3 is 5.11 Å². The van der Waals surface area contributed by atoms with Gasteiger partial charge in [0.25, 0.3) is 0 Å². The van der Waals surface area contributed by atoms with Gasteiger partial charge in [-0.3, -0.25) is 4.90 Å². The second-order valence-corrected chi connectivity index (χ2v) is 6.48. The fourth-order valence-corrected chi connectivity index (χ4v) is 3.01. The van der Waals surface area contributed by atoms with E-state index in [1.165, 1.54) is 22.0 Å². The zero-order valence-electron chi connectivity index (χ0n) is 10.3. The molecule has 17 heavy (non-hydrogen) atoms. The van der Waals surface area contributed by atoms with Crippen LogP contribution in [0.3, 0.4) is 0 Å². The number of nitrogens with zero attached hydrogens (tertiary/aromatic N) is 1. The van der Waals surface area contributed by atoms with E-state index < -0.39 is 5.60 Å². The molecule has 0 heterocycles. The third-order valence-electron chi connectivity index (χ3n) is 3.46. The lowest BCUT2D eigenvalue weighted by atomic mass is 10.0. The maximum absolute atomic E-state index is 10.3. The highest BCUT2D eigenvalue weighted by Gasteiger charge is 2.31. The average molecular weight is 345 g/mol. The second kappa shape index (κ2) is 5.67. The minimum absolute atomic E-state index is 0.433. The Morgan fingerprint density at radius 3 is 2.41 bits per heavy atom. The van der Waals surface area contributed by atoms with Crippen LogP contribution < -0.4 is 0 Å². The predicted octanol–water partition coefficient (Wildman–Crippen LogP) is 3.03. The van der Waals surface area contributed by atoms with Gasteiger partial charge in [-0.25, -0.2) is 0 Å². The molecule has 0 radical (unpaired) electrons. The van der Waals surface area contributed by atoms with E-state index in [-0.39, 0.29) is 0 Å². The van der Waals surface area contributed by atoms with E-state index in [4.69, 9.17) is 0 Å². The maximum atomic E-state index is 10.3. The number of aliphatic hydroxyl groups is 1. The molecule has 2 rings (SSSR count). The van der Waals surface area contributed by atoms with Gasteiger partial charge in [-0.2, -0.15) is 0 Å². The fraction of sp³-hybridized carbons (Fsp3) is 0.571. The molecule has 1 aromatic carbocycles. The van der Waals surface area contributed by atoms with E-state index in [1.807, 2.05) is 0 Å². The van der Waals surface area contributed by atoms with E-state index in [2.05, 4.69) is 58.8 Å². The van der Waals surface area contributed by atoms with E-state index in [1.54, 1.807) is 0 Å². The Labute approximate surface area is 117 Å². The van der Waals surface area contributed by atoms with Crippen molar-refractivity contribution in [1.29, 1.82) is 0 Å². The third-order valence-corrected chi connectivity index (χ3v) is 4.18. The zero-order chi connectivity index (χ0) is 12.3. The van der Waals surface area contributed by atoms with Crippen molar-refractivity contribution >= 4 is 22.6 Å². The van der Waals surface area contributed by atoms with Crippen LogP contribution in [0.5, 0.6) is 0 Å². The van der Waals surface area contributed by atoms with Crippen LogP contribution in [-0.4, -0.2) is 29.2 Å². The number of benzene rings is 1. The number of halogens is 1. The Bertz CT molecular complexity index is 357. The maximum Gasteiger partial charge on any atom is 0.0774 e. The molecule has 0 atom stereocenters. The summed E-state index contributed by atoms with van der Waals surface area (Å²) in [6, 6.07) is 8.59. The van der Waals surface area contributed by atoms with Gasteiger partial charge >= 0.3 is 0 Å². The average Bonchev–Trinajstić information content (AvgIpc) is 2.68. The van der Waals surface area contributed by atoms with Crippen LogP contribution in [-0.2, 0) is 6.54 Å². The predicted molar refractivity (Wildman–Crippen MR) is 78.9 cm³/mol. The minimum atomic E-state index is -0.433. The summed E-state index contributed by atoms with van der Waals surface area (Å²) >= 11 is 2.32. The summed E-state index contributed by atoms with van der Waals surface area (Å²) in [5.74, 6) is 0. The molecular weight excluding hydrogens is 325 g/mol. The monoisotopic (exact) mass is 345 g/mol. The molecule has 3 heteroatoms. The molecule has 0 unspecified atom stereocenters.